The van der Waals surface area contributed by atoms with Gasteiger partial charge in [0.15, 0.2) is 0 Å². The Balaban J connectivity index is 1.77. The number of nitrogens with zero attached hydrogens (tertiary/aromatic N) is 2. The monoisotopic (exact) mass is 362 g/mol. The molecule has 2 aliphatic rings. The van der Waals surface area contributed by atoms with Crippen LogP contribution in [0.25, 0.3) is 0 Å². The smallest absolute Gasteiger partial charge is 0.394 e. The number of aromatic nitrogens is 1. The standard InChI is InChI=1S/C15H17F3N2O3S/c1-7-12(24-11(19-7)4-8-2-3-8)13(21)20-5-9(14(22)23)10(6-20)15(16,17)18/h8-10H,2-6H2,1H3,(H,22,23)/t9-,10-/m1/s1. The summed E-state index contributed by atoms with van der Waals surface area (Å²) < 4.78 is 39.1. The fraction of sp³-hybridized carbons (Fsp3) is 0.667. The summed E-state index contributed by atoms with van der Waals surface area (Å²) in [6.45, 7) is 0.619. The third-order valence-corrected chi connectivity index (χ3v) is 5.71. The molecule has 3 rings (SSSR count). The van der Waals surface area contributed by atoms with Gasteiger partial charge >= 0.3 is 12.1 Å². The Morgan fingerprint density at radius 3 is 2.50 bits per heavy atom. The van der Waals surface area contributed by atoms with Crippen LogP contribution in [-0.2, 0) is 11.2 Å². The molecule has 1 amide bonds. The highest BCUT2D eigenvalue weighted by atomic mass is 32.1. The molecule has 1 aromatic rings. The second kappa shape index (κ2) is 6.02. The predicted molar refractivity (Wildman–Crippen MR) is 79.9 cm³/mol. The molecule has 1 saturated carbocycles. The van der Waals surface area contributed by atoms with Gasteiger partial charge < -0.3 is 10.0 Å². The van der Waals surface area contributed by atoms with Crippen LogP contribution in [0.1, 0.15) is 33.2 Å². The van der Waals surface area contributed by atoms with Crippen molar-refractivity contribution in [2.45, 2.75) is 32.4 Å². The second-order valence-electron chi connectivity index (χ2n) is 6.47. The molecule has 1 N–H and O–H groups in total. The average molecular weight is 362 g/mol. The molecule has 132 valence electrons. The van der Waals surface area contributed by atoms with Crippen molar-refractivity contribution in [2.75, 3.05) is 13.1 Å². The van der Waals surface area contributed by atoms with E-state index in [4.69, 9.17) is 5.11 Å². The van der Waals surface area contributed by atoms with E-state index in [1.165, 1.54) is 11.3 Å². The molecule has 2 atom stereocenters. The first-order valence-corrected chi connectivity index (χ1v) is 8.53. The summed E-state index contributed by atoms with van der Waals surface area (Å²) in [7, 11) is 0. The number of aryl methyl sites for hydroxylation is 1. The van der Waals surface area contributed by atoms with Crippen LogP contribution < -0.4 is 0 Å². The van der Waals surface area contributed by atoms with Crippen LogP contribution in [-0.4, -0.2) is 46.1 Å². The van der Waals surface area contributed by atoms with Crippen LogP contribution >= 0.6 is 11.3 Å². The summed E-state index contributed by atoms with van der Waals surface area (Å²) in [5.74, 6) is -5.13. The van der Waals surface area contributed by atoms with Gasteiger partial charge in [0.25, 0.3) is 5.91 Å². The van der Waals surface area contributed by atoms with Gasteiger partial charge in [-0.05, 0) is 25.7 Å². The van der Waals surface area contributed by atoms with E-state index >= 15 is 0 Å². The summed E-state index contributed by atoms with van der Waals surface area (Å²) in [5, 5.41) is 9.85. The van der Waals surface area contributed by atoms with Crippen molar-refractivity contribution in [3.8, 4) is 0 Å². The normalized spacial score (nSPS) is 24.4. The Labute approximate surface area is 140 Å². The van der Waals surface area contributed by atoms with E-state index in [2.05, 4.69) is 4.98 Å². The van der Waals surface area contributed by atoms with Gasteiger partial charge in [0.1, 0.15) is 4.88 Å². The molecule has 24 heavy (non-hydrogen) atoms. The minimum absolute atomic E-state index is 0.317. The molecular formula is C15H17F3N2O3S. The van der Waals surface area contributed by atoms with Crippen LogP contribution in [0, 0.1) is 24.7 Å². The van der Waals surface area contributed by atoms with E-state index < -0.39 is 43.0 Å². The number of rotatable bonds is 4. The highest BCUT2D eigenvalue weighted by Crippen LogP contribution is 2.39. The van der Waals surface area contributed by atoms with Gasteiger partial charge in [0, 0.05) is 19.5 Å². The Morgan fingerprint density at radius 1 is 1.33 bits per heavy atom. The number of carbonyl (C=O) groups excluding carboxylic acids is 1. The Kier molecular flexibility index (Phi) is 4.31. The van der Waals surface area contributed by atoms with Gasteiger partial charge in [-0.15, -0.1) is 11.3 Å². The van der Waals surface area contributed by atoms with E-state index in [1.54, 1.807) is 6.92 Å². The van der Waals surface area contributed by atoms with Crippen molar-refractivity contribution in [3.63, 3.8) is 0 Å². The zero-order chi connectivity index (χ0) is 17.6. The number of likely N-dealkylation sites (tertiary alicyclic amines) is 1. The molecular weight excluding hydrogens is 345 g/mol. The van der Waals surface area contributed by atoms with Crippen molar-refractivity contribution in [1.82, 2.24) is 9.88 Å². The van der Waals surface area contributed by atoms with E-state index in [0.29, 0.717) is 16.5 Å². The molecule has 0 radical (unpaired) electrons. The maximum absolute atomic E-state index is 13.0. The lowest BCUT2D eigenvalue weighted by atomic mass is 9.96. The zero-order valence-electron chi connectivity index (χ0n) is 13.0. The molecule has 2 heterocycles. The van der Waals surface area contributed by atoms with Gasteiger partial charge in [0.05, 0.1) is 22.5 Å². The van der Waals surface area contributed by atoms with Crippen LogP contribution in [0.5, 0.6) is 0 Å². The van der Waals surface area contributed by atoms with E-state index in [-0.39, 0.29) is 0 Å². The van der Waals surface area contributed by atoms with Crippen LogP contribution in [0.2, 0.25) is 0 Å². The fourth-order valence-corrected chi connectivity index (χ4v) is 4.15. The summed E-state index contributed by atoms with van der Waals surface area (Å²) in [6.07, 6.45) is -1.57. The molecule has 1 aromatic heterocycles. The largest absolute Gasteiger partial charge is 0.481 e. The molecule has 5 nitrogen and oxygen atoms in total. The molecule has 1 aliphatic heterocycles. The number of hydrogen-bond acceptors (Lipinski definition) is 4. The Hall–Kier alpha value is -1.64. The third-order valence-electron chi connectivity index (χ3n) is 4.54. The van der Waals surface area contributed by atoms with Gasteiger partial charge in [0.2, 0.25) is 0 Å². The van der Waals surface area contributed by atoms with Crippen LogP contribution in [0.4, 0.5) is 13.2 Å². The topological polar surface area (TPSA) is 70.5 Å². The van der Waals surface area contributed by atoms with E-state index in [9.17, 15) is 22.8 Å². The van der Waals surface area contributed by atoms with E-state index in [0.717, 1.165) is 29.2 Å². The molecule has 0 bridgehead atoms. The molecule has 1 saturated heterocycles. The Morgan fingerprint density at radius 2 is 2.00 bits per heavy atom. The SMILES string of the molecule is Cc1nc(CC2CC2)sc1C(=O)N1C[C@@H](C(F)(F)F)[C@H](C(=O)O)C1. The molecule has 1 aliphatic carbocycles. The van der Waals surface area contributed by atoms with Gasteiger partial charge in [-0.2, -0.15) is 13.2 Å². The highest BCUT2D eigenvalue weighted by Gasteiger charge is 2.53. The van der Waals surface area contributed by atoms with Gasteiger partial charge in [-0.3, -0.25) is 9.59 Å². The number of carbonyl (C=O) groups is 2. The first-order valence-electron chi connectivity index (χ1n) is 7.72. The lowest BCUT2D eigenvalue weighted by molar-refractivity contribution is -0.187. The first kappa shape index (κ1) is 17.2. The van der Waals surface area contributed by atoms with Crippen molar-refractivity contribution in [2.24, 2.45) is 17.8 Å². The number of thiazole rings is 1. The quantitative estimate of drug-likeness (QED) is 0.894. The number of amides is 1. The molecule has 0 aromatic carbocycles. The number of carboxylic acid groups (broad SMARTS) is 1. The van der Waals surface area contributed by atoms with Gasteiger partial charge in [-0.1, -0.05) is 0 Å². The highest BCUT2D eigenvalue weighted by molar-refractivity contribution is 7.13. The number of aliphatic carboxylic acids is 1. The summed E-state index contributed by atoms with van der Waals surface area (Å²) in [6, 6.07) is 0. The van der Waals surface area contributed by atoms with Crippen LogP contribution in [0.15, 0.2) is 0 Å². The summed E-state index contributed by atoms with van der Waals surface area (Å²) in [5.41, 5.74) is 0.503. The summed E-state index contributed by atoms with van der Waals surface area (Å²) >= 11 is 1.21. The average Bonchev–Trinajstić information content (AvgIpc) is 3.02. The third kappa shape index (κ3) is 3.40. The lowest BCUT2D eigenvalue weighted by Gasteiger charge is -2.18. The molecule has 9 heteroatoms. The molecule has 0 unspecified atom stereocenters. The molecule has 0 spiro atoms. The maximum Gasteiger partial charge on any atom is 0.394 e. The first-order chi connectivity index (χ1) is 11.2. The number of carboxylic acids is 1. The van der Waals surface area contributed by atoms with Crippen molar-refractivity contribution in [3.05, 3.63) is 15.6 Å². The van der Waals surface area contributed by atoms with E-state index in [1.807, 2.05) is 0 Å². The van der Waals surface area contributed by atoms with Crippen molar-refractivity contribution in [1.29, 1.82) is 0 Å². The Bertz CT molecular complexity index is 669. The van der Waals surface area contributed by atoms with Crippen molar-refractivity contribution < 1.29 is 27.9 Å². The van der Waals surface area contributed by atoms with Gasteiger partial charge in [-0.25, -0.2) is 4.98 Å². The number of hydrogen-bond donors (Lipinski definition) is 1. The number of alkyl halides is 3. The second-order valence-corrected chi connectivity index (χ2v) is 7.56. The van der Waals surface area contributed by atoms with Crippen molar-refractivity contribution >= 4 is 23.2 Å². The lowest BCUT2D eigenvalue weighted by Crippen LogP contribution is -2.34. The minimum Gasteiger partial charge on any atom is -0.481 e. The zero-order valence-corrected chi connectivity index (χ0v) is 13.8. The summed E-state index contributed by atoms with van der Waals surface area (Å²) in [4.78, 5) is 29.3. The fourth-order valence-electron chi connectivity index (χ4n) is 3.00. The minimum atomic E-state index is -4.64. The maximum atomic E-state index is 13.0. The number of halogens is 3. The van der Waals surface area contributed by atoms with Crippen LogP contribution in [0.3, 0.4) is 0 Å². The molecule has 2 fully saturated rings. The predicted octanol–water partition coefficient (Wildman–Crippen LogP) is 2.74.